The zero-order chi connectivity index (χ0) is 11.8. The fourth-order valence-corrected chi connectivity index (χ4v) is 1.63. The summed E-state index contributed by atoms with van der Waals surface area (Å²) in [7, 11) is 0. The summed E-state index contributed by atoms with van der Waals surface area (Å²) < 4.78 is 0. The summed E-state index contributed by atoms with van der Waals surface area (Å²) in [6.45, 7) is 6.67. The Labute approximate surface area is 98.7 Å². The molecule has 0 aliphatic rings. The molecule has 0 atom stereocenters. The van der Waals surface area contributed by atoms with Gasteiger partial charge in [0.05, 0.1) is 0 Å². The number of rotatable bonds is 7. The van der Waals surface area contributed by atoms with Crippen molar-refractivity contribution in [3.63, 3.8) is 0 Å². The van der Waals surface area contributed by atoms with Gasteiger partial charge in [0.1, 0.15) is 5.75 Å². The SMILES string of the molecule is CC(C)CNCCCCc1ccc(O)cc1. The van der Waals surface area contributed by atoms with Gasteiger partial charge in [0, 0.05) is 0 Å². The van der Waals surface area contributed by atoms with Gasteiger partial charge in [-0.05, 0) is 56.0 Å². The molecule has 0 amide bonds. The minimum Gasteiger partial charge on any atom is -0.508 e. The number of phenols is 1. The molecule has 0 saturated heterocycles. The number of benzene rings is 1. The van der Waals surface area contributed by atoms with Crippen molar-refractivity contribution in [1.29, 1.82) is 0 Å². The topological polar surface area (TPSA) is 32.3 Å². The molecule has 90 valence electrons. The quantitative estimate of drug-likeness (QED) is 0.694. The third kappa shape index (κ3) is 5.76. The van der Waals surface area contributed by atoms with Crippen LogP contribution in [0.3, 0.4) is 0 Å². The van der Waals surface area contributed by atoms with Crippen molar-refractivity contribution in [1.82, 2.24) is 5.32 Å². The van der Waals surface area contributed by atoms with E-state index in [0.717, 1.165) is 25.4 Å². The van der Waals surface area contributed by atoms with Crippen LogP contribution < -0.4 is 5.32 Å². The van der Waals surface area contributed by atoms with Gasteiger partial charge in [0.25, 0.3) is 0 Å². The second kappa shape index (κ2) is 7.29. The molecule has 0 aliphatic carbocycles. The number of aryl methyl sites for hydroxylation is 1. The van der Waals surface area contributed by atoms with Crippen LogP contribution >= 0.6 is 0 Å². The first-order valence-electron chi connectivity index (χ1n) is 6.17. The summed E-state index contributed by atoms with van der Waals surface area (Å²) in [4.78, 5) is 0. The Morgan fingerprint density at radius 2 is 1.81 bits per heavy atom. The lowest BCUT2D eigenvalue weighted by molar-refractivity contribution is 0.475. The van der Waals surface area contributed by atoms with Crippen LogP contribution in [0.4, 0.5) is 0 Å². The monoisotopic (exact) mass is 221 g/mol. The molecule has 16 heavy (non-hydrogen) atoms. The van der Waals surface area contributed by atoms with E-state index in [1.807, 2.05) is 12.1 Å². The van der Waals surface area contributed by atoms with Crippen molar-refractivity contribution >= 4 is 0 Å². The van der Waals surface area contributed by atoms with E-state index in [2.05, 4.69) is 19.2 Å². The van der Waals surface area contributed by atoms with E-state index in [4.69, 9.17) is 5.11 Å². The van der Waals surface area contributed by atoms with Gasteiger partial charge < -0.3 is 10.4 Å². The van der Waals surface area contributed by atoms with Gasteiger partial charge in [-0.25, -0.2) is 0 Å². The third-order valence-electron chi connectivity index (χ3n) is 2.56. The number of hydrogen-bond donors (Lipinski definition) is 2. The highest BCUT2D eigenvalue weighted by atomic mass is 16.3. The van der Waals surface area contributed by atoms with Gasteiger partial charge >= 0.3 is 0 Å². The molecule has 0 radical (unpaired) electrons. The second-order valence-corrected chi connectivity index (χ2v) is 4.72. The maximum absolute atomic E-state index is 9.14. The first-order chi connectivity index (χ1) is 7.68. The Morgan fingerprint density at radius 3 is 2.44 bits per heavy atom. The van der Waals surface area contributed by atoms with E-state index in [0.29, 0.717) is 5.75 Å². The fraction of sp³-hybridized carbons (Fsp3) is 0.571. The average molecular weight is 221 g/mol. The van der Waals surface area contributed by atoms with Gasteiger partial charge in [0.2, 0.25) is 0 Å². The van der Waals surface area contributed by atoms with E-state index in [9.17, 15) is 0 Å². The van der Waals surface area contributed by atoms with E-state index >= 15 is 0 Å². The summed E-state index contributed by atoms with van der Waals surface area (Å²) in [5, 5.41) is 12.6. The van der Waals surface area contributed by atoms with Gasteiger partial charge in [-0.3, -0.25) is 0 Å². The molecule has 0 heterocycles. The predicted octanol–water partition coefficient (Wildman–Crippen LogP) is 2.96. The molecule has 0 bridgehead atoms. The molecule has 1 aromatic rings. The van der Waals surface area contributed by atoms with Crippen LogP contribution in [0.1, 0.15) is 32.3 Å². The minimum atomic E-state index is 0.349. The van der Waals surface area contributed by atoms with Crippen LogP contribution in [0, 0.1) is 5.92 Å². The van der Waals surface area contributed by atoms with Crippen molar-refractivity contribution in [2.24, 2.45) is 5.92 Å². The standard InChI is InChI=1S/C14H23NO/c1-12(2)11-15-10-4-3-5-13-6-8-14(16)9-7-13/h6-9,12,15-16H,3-5,10-11H2,1-2H3. The Kier molecular flexibility index (Phi) is 5.94. The lowest BCUT2D eigenvalue weighted by Crippen LogP contribution is -2.20. The molecule has 1 rings (SSSR count). The number of aromatic hydroxyl groups is 1. The van der Waals surface area contributed by atoms with Crippen LogP contribution in [-0.4, -0.2) is 18.2 Å². The first kappa shape index (κ1) is 13.0. The minimum absolute atomic E-state index is 0.349. The van der Waals surface area contributed by atoms with Gasteiger partial charge in [-0.15, -0.1) is 0 Å². The summed E-state index contributed by atoms with van der Waals surface area (Å²) in [5.74, 6) is 1.08. The maximum Gasteiger partial charge on any atom is 0.115 e. The van der Waals surface area contributed by atoms with Gasteiger partial charge in [0.15, 0.2) is 0 Å². The molecular weight excluding hydrogens is 198 g/mol. The highest BCUT2D eigenvalue weighted by Crippen LogP contribution is 2.11. The number of phenolic OH excluding ortho intramolecular Hbond substituents is 1. The van der Waals surface area contributed by atoms with Crippen LogP contribution in [0.5, 0.6) is 5.75 Å². The predicted molar refractivity (Wildman–Crippen MR) is 68.8 cm³/mol. The van der Waals surface area contributed by atoms with Crippen molar-refractivity contribution in [3.05, 3.63) is 29.8 Å². The van der Waals surface area contributed by atoms with Crippen molar-refractivity contribution < 1.29 is 5.11 Å². The maximum atomic E-state index is 9.14. The van der Waals surface area contributed by atoms with E-state index in [-0.39, 0.29) is 0 Å². The third-order valence-corrected chi connectivity index (χ3v) is 2.56. The molecule has 2 heteroatoms. The highest BCUT2D eigenvalue weighted by Gasteiger charge is 1.95. The molecule has 2 N–H and O–H groups in total. The molecule has 2 nitrogen and oxygen atoms in total. The fourth-order valence-electron chi connectivity index (χ4n) is 1.63. The Hall–Kier alpha value is -1.02. The largest absolute Gasteiger partial charge is 0.508 e. The van der Waals surface area contributed by atoms with Gasteiger partial charge in [-0.2, -0.15) is 0 Å². The molecular formula is C14H23NO. The summed E-state index contributed by atoms with van der Waals surface area (Å²) in [5.41, 5.74) is 1.31. The highest BCUT2D eigenvalue weighted by molar-refractivity contribution is 5.25. The van der Waals surface area contributed by atoms with Crippen LogP contribution in [-0.2, 0) is 6.42 Å². The van der Waals surface area contributed by atoms with Crippen LogP contribution in [0.25, 0.3) is 0 Å². The Bertz CT molecular complexity index is 279. The van der Waals surface area contributed by atoms with Crippen molar-refractivity contribution in [2.45, 2.75) is 33.1 Å². The molecule has 0 fully saturated rings. The molecule has 0 saturated carbocycles. The summed E-state index contributed by atoms with van der Waals surface area (Å²) in [6, 6.07) is 7.51. The number of hydrogen-bond acceptors (Lipinski definition) is 2. The lowest BCUT2D eigenvalue weighted by Gasteiger charge is -2.07. The number of nitrogens with one attached hydrogen (secondary N) is 1. The Balaban J connectivity index is 2.05. The molecule has 1 aromatic carbocycles. The molecule has 0 aliphatic heterocycles. The first-order valence-corrected chi connectivity index (χ1v) is 6.17. The van der Waals surface area contributed by atoms with E-state index < -0.39 is 0 Å². The van der Waals surface area contributed by atoms with E-state index in [1.165, 1.54) is 18.4 Å². The number of unbranched alkanes of at least 4 members (excludes halogenated alkanes) is 1. The lowest BCUT2D eigenvalue weighted by atomic mass is 10.1. The normalized spacial score (nSPS) is 10.9. The van der Waals surface area contributed by atoms with Crippen molar-refractivity contribution in [2.75, 3.05) is 13.1 Å². The van der Waals surface area contributed by atoms with Crippen molar-refractivity contribution in [3.8, 4) is 5.75 Å². The summed E-state index contributed by atoms with van der Waals surface area (Å²) >= 11 is 0. The molecule has 0 unspecified atom stereocenters. The average Bonchev–Trinajstić information content (AvgIpc) is 2.25. The Morgan fingerprint density at radius 1 is 1.12 bits per heavy atom. The zero-order valence-electron chi connectivity index (χ0n) is 10.4. The summed E-state index contributed by atoms with van der Waals surface area (Å²) in [6.07, 6.45) is 3.52. The smallest absolute Gasteiger partial charge is 0.115 e. The molecule has 0 aromatic heterocycles. The molecule has 0 spiro atoms. The van der Waals surface area contributed by atoms with Crippen LogP contribution in [0.2, 0.25) is 0 Å². The van der Waals surface area contributed by atoms with Gasteiger partial charge in [-0.1, -0.05) is 26.0 Å². The van der Waals surface area contributed by atoms with E-state index in [1.54, 1.807) is 12.1 Å². The zero-order valence-corrected chi connectivity index (χ0v) is 10.4. The second-order valence-electron chi connectivity index (χ2n) is 4.72. The van der Waals surface area contributed by atoms with Crippen LogP contribution in [0.15, 0.2) is 24.3 Å².